The van der Waals surface area contributed by atoms with Gasteiger partial charge in [-0.15, -0.1) is 0 Å². The summed E-state index contributed by atoms with van der Waals surface area (Å²) in [6, 6.07) is 3.12. The van der Waals surface area contributed by atoms with Crippen molar-refractivity contribution in [2.45, 2.75) is 19.2 Å². The fourth-order valence-electron chi connectivity index (χ4n) is 1.02. The molecule has 60 valence electrons. The first-order valence-corrected chi connectivity index (χ1v) is 4.59. The molecule has 0 aromatic heterocycles. The van der Waals surface area contributed by atoms with Gasteiger partial charge in [0.1, 0.15) is 5.82 Å². The third kappa shape index (κ3) is 1.80. The van der Waals surface area contributed by atoms with Crippen molar-refractivity contribution >= 4 is 15.9 Å². The van der Waals surface area contributed by atoms with Gasteiger partial charge in [-0.3, -0.25) is 0 Å². The van der Waals surface area contributed by atoms with Crippen LogP contribution in [-0.4, -0.2) is 0 Å². The second-order valence-electron chi connectivity index (χ2n) is 2.64. The van der Waals surface area contributed by atoms with Gasteiger partial charge >= 0.3 is 0 Å². The Bertz CT molecular complexity index is 269. The van der Waals surface area contributed by atoms with Crippen LogP contribution in [0.1, 0.15) is 16.7 Å². The maximum atomic E-state index is 12.8. The Hall–Kier alpha value is -0.370. The van der Waals surface area contributed by atoms with Crippen LogP contribution in [0.3, 0.4) is 0 Å². The zero-order chi connectivity index (χ0) is 8.43. The molecule has 0 unspecified atom stereocenters. The van der Waals surface area contributed by atoms with E-state index in [4.69, 9.17) is 0 Å². The Kier molecular flexibility index (Phi) is 2.66. The molecule has 0 fully saturated rings. The number of hydrogen-bond acceptors (Lipinski definition) is 0. The molecule has 0 aliphatic heterocycles. The zero-order valence-electron chi connectivity index (χ0n) is 6.62. The highest BCUT2D eigenvalue weighted by atomic mass is 79.9. The minimum atomic E-state index is -0.150. The minimum absolute atomic E-state index is 0.150. The quantitative estimate of drug-likeness (QED) is 0.633. The molecule has 0 nitrogen and oxygen atoms in total. The summed E-state index contributed by atoms with van der Waals surface area (Å²) in [5.41, 5.74) is 3.21. The molecule has 0 saturated carbocycles. The van der Waals surface area contributed by atoms with Gasteiger partial charge in [-0.1, -0.05) is 15.9 Å². The summed E-state index contributed by atoms with van der Waals surface area (Å²) in [6.07, 6.45) is 0. The number of hydrogen-bond donors (Lipinski definition) is 0. The highest BCUT2D eigenvalue weighted by molar-refractivity contribution is 9.08. The third-order valence-corrected chi connectivity index (χ3v) is 2.49. The van der Waals surface area contributed by atoms with Crippen molar-refractivity contribution in [3.05, 3.63) is 34.6 Å². The molecule has 0 saturated heterocycles. The van der Waals surface area contributed by atoms with Gasteiger partial charge in [-0.05, 0) is 42.7 Å². The molecular formula is C9H10BrF. The summed E-state index contributed by atoms with van der Waals surface area (Å²) in [5.74, 6) is -0.150. The van der Waals surface area contributed by atoms with Gasteiger partial charge in [-0.2, -0.15) is 0 Å². The highest BCUT2D eigenvalue weighted by Gasteiger charge is 2.01. The van der Waals surface area contributed by atoms with Gasteiger partial charge in [-0.25, -0.2) is 4.39 Å². The minimum Gasteiger partial charge on any atom is -0.207 e. The van der Waals surface area contributed by atoms with Gasteiger partial charge in [0, 0.05) is 5.33 Å². The normalized spacial score (nSPS) is 10.2. The fraction of sp³-hybridized carbons (Fsp3) is 0.333. The Morgan fingerprint density at radius 1 is 1.36 bits per heavy atom. The second kappa shape index (κ2) is 3.35. The molecular weight excluding hydrogens is 207 g/mol. The zero-order valence-corrected chi connectivity index (χ0v) is 8.20. The smallest absolute Gasteiger partial charge is 0.123 e. The van der Waals surface area contributed by atoms with E-state index in [1.807, 2.05) is 13.8 Å². The number of benzene rings is 1. The van der Waals surface area contributed by atoms with Crippen LogP contribution in [0.2, 0.25) is 0 Å². The largest absolute Gasteiger partial charge is 0.207 e. The number of rotatable bonds is 1. The summed E-state index contributed by atoms with van der Waals surface area (Å²) in [6.45, 7) is 3.93. The van der Waals surface area contributed by atoms with E-state index in [9.17, 15) is 4.39 Å². The molecule has 1 aromatic carbocycles. The van der Waals surface area contributed by atoms with Crippen LogP contribution >= 0.6 is 15.9 Å². The average molecular weight is 217 g/mol. The van der Waals surface area contributed by atoms with Crippen molar-refractivity contribution < 1.29 is 4.39 Å². The first-order valence-electron chi connectivity index (χ1n) is 3.46. The molecule has 0 aliphatic rings. The summed E-state index contributed by atoms with van der Waals surface area (Å²) in [5, 5.41) is 0.720. The molecule has 0 heterocycles. The van der Waals surface area contributed by atoms with Gasteiger partial charge < -0.3 is 0 Å². The van der Waals surface area contributed by atoms with Gasteiger partial charge in [0.15, 0.2) is 0 Å². The molecule has 0 atom stereocenters. The third-order valence-electron chi connectivity index (χ3n) is 1.88. The molecule has 2 heteroatoms. The van der Waals surface area contributed by atoms with Crippen molar-refractivity contribution in [3.63, 3.8) is 0 Å². The van der Waals surface area contributed by atoms with E-state index in [1.165, 1.54) is 5.56 Å². The molecule has 11 heavy (non-hydrogen) atoms. The van der Waals surface area contributed by atoms with Crippen LogP contribution in [0.4, 0.5) is 4.39 Å². The van der Waals surface area contributed by atoms with Crippen LogP contribution in [-0.2, 0) is 5.33 Å². The molecule has 1 aromatic rings. The summed E-state index contributed by atoms with van der Waals surface area (Å²) in [7, 11) is 0. The topological polar surface area (TPSA) is 0 Å². The molecule has 0 amide bonds. The van der Waals surface area contributed by atoms with E-state index < -0.39 is 0 Å². The van der Waals surface area contributed by atoms with Crippen LogP contribution in [0.25, 0.3) is 0 Å². The fourth-order valence-corrected chi connectivity index (χ4v) is 1.61. The van der Waals surface area contributed by atoms with E-state index in [1.54, 1.807) is 12.1 Å². The van der Waals surface area contributed by atoms with E-state index in [2.05, 4.69) is 15.9 Å². The lowest BCUT2D eigenvalue weighted by molar-refractivity contribution is 0.624. The highest BCUT2D eigenvalue weighted by Crippen LogP contribution is 2.17. The standard InChI is InChI=1S/C9H10BrF/c1-6-3-9(11)4-8(5-10)7(6)2/h3-4H,5H2,1-2H3. The van der Waals surface area contributed by atoms with Crippen molar-refractivity contribution in [1.82, 2.24) is 0 Å². The van der Waals surface area contributed by atoms with Crippen LogP contribution in [0.5, 0.6) is 0 Å². The monoisotopic (exact) mass is 216 g/mol. The Morgan fingerprint density at radius 2 is 2.00 bits per heavy atom. The lowest BCUT2D eigenvalue weighted by Crippen LogP contribution is -1.90. The predicted molar refractivity (Wildman–Crippen MR) is 48.5 cm³/mol. The van der Waals surface area contributed by atoms with Crippen molar-refractivity contribution in [2.24, 2.45) is 0 Å². The SMILES string of the molecule is Cc1cc(F)cc(CBr)c1C. The summed E-state index contributed by atoms with van der Waals surface area (Å²) < 4.78 is 12.8. The lowest BCUT2D eigenvalue weighted by atomic mass is 10.0. The van der Waals surface area contributed by atoms with E-state index >= 15 is 0 Å². The van der Waals surface area contributed by atoms with E-state index in [-0.39, 0.29) is 5.82 Å². The Balaban J connectivity index is 3.24. The first kappa shape index (κ1) is 8.72. The number of aryl methyl sites for hydroxylation is 1. The Morgan fingerprint density at radius 3 is 2.55 bits per heavy atom. The number of alkyl halides is 1. The molecule has 0 N–H and O–H groups in total. The van der Waals surface area contributed by atoms with Gasteiger partial charge in [0.2, 0.25) is 0 Å². The van der Waals surface area contributed by atoms with Crippen LogP contribution in [0, 0.1) is 19.7 Å². The maximum absolute atomic E-state index is 12.8. The second-order valence-corrected chi connectivity index (χ2v) is 3.20. The number of halogens is 2. The summed E-state index contributed by atoms with van der Waals surface area (Å²) >= 11 is 3.31. The first-order chi connectivity index (χ1) is 5.15. The average Bonchev–Trinajstić information content (AvgIpc) is 1.96. The predicted octanol–water partition coefficient (Wildman–Crippen LogP) is 3.34. The van der Waals surface area contributed by atoms with Crippen molar-refractivity contribution in [2.75, 3.05) is 0 Å². The maximum Gasteiger partial charge on any atom is 0.123 e. The molecule has 1 rings (SSSR count). The molecule has 0 radical (unpaired) electrons. The molecule has 0 bridgehead atoms. The van der Waals surface area contributed by atoms with Crippen LogP contribution in [0.15, 0.2) is 12.1 Å². The lowest BCUT2D eigenvalue weighted by Gasteiger charge is -2.05. The van der Waals surface area contributed by atoms with Gasteiger partial charge in [0.25, 0.3) is 0 Å². The molecule has 0 aliphatic carbocycles. The van der Waals surface area contributed by atoms with E-state index in [0.29, 0.717) is 0 Å². The van der Waals surface area contributed by atoms with Gasteiger partial charge in [0.05, 0.1) is 0 Å². The Labute approximate surface area is 74.6 Å². The van der Waals surface area contributed by atoms with Crippen LogP contribution < -0.4 is 0 Å². The van der Waals surface area contributed by atoms with Crippen molar-refractivity contribution in [3.8, 4) is 0 Å². The molecule has 0 spiro atoms. The van der Waals surface area contributed by atoms with E-state index in [0.717, 1.165) is 16.5 Å². The van der Waals surface area contributed by atoms with Crippen molar-refractivity contribution in [1.29, 1.82) is 0 Å². The summed E-state index contributed by atoms with van der Waals surface area (Å²) in [4.78, 5) is 0.